The van der Waals surface area contributed by atoms with E-state index in [2.05, 4.69) is 0 Å². The fourth-order valence-corrected chi connectivity index (χ4v) is 4.37. The molecule has 0 radical (unpaired) electrons. The second kappa shape index (κ2) is 5.42. The van der Waals surface area contributed by atoms with E-state index in [0.29, 0.717) is 0 Å². The van der Waals surface area contributed by atoms with E-state index in [9.17, 15) is 18.6 Å². The summed E-state index contributed by atoms with van der Waals surface area (Å²) in [4.78, 5) is 0. The van der Waals surface area contributed by atoms with Gasteiger partial charge in [0.2, 0.25) is 0 Å². The maximum absolute atomic E-state index is 12.4. The summed E-state index contributed by atoms with van der Waals surface area (Å²) in [6, 6.07) is 0.0543. The van der Waals surface area contributed by atoms with Gasteiger partial charge in [-0.25, -0.2) is 0 Å². The summed E-state index contributed by atoms with van der Waals surface area (Å²) in [7, 11) is -1.96. The Morgan fingerprint density at radius 3 is 2.06 bits per heavy atom. The molecule has 6 nitrogen and oxygen atoms in total. The lowest BCUT2D eigenvalue weighted by Crippen LogP contribution is -2.46. The van der Waals surface area contributed by atoms with Crippen molar-refractivity contribution < 1.29 is 18.6 Å². The fourth-order valence-electron chi connectivity index (χ4n) is 2.74. The lowest BCUT2D eigenvalue weighted by molar-refractivity contribution is 0.0572. The minimum Gasteiger partial charge on any atom is -0.389 e. The number of nitrogens with zero attached hydrogens (tertiary/aromatic N) is 2. The molecule has 0 amide bonds. The average Bonchev–Trinajstić information content (AvgIpc) is 2.70. The maximum atomic E-state index is 12.4. The summed E-state index contributed by atoms with van der Waals surface area (Å²) >= 11 is 0. The first kappa shape index (κ1) is 14.2. The molecule has 0 unspecified atom stereocenters. The smallest absolute Gasteiger partial charge is 0.282 e. The van der Waals surface area contributed by atoms with Crippen molar-refractivity contribution in [3.63, 3.8) is 0 Å². The molecule has 2 N–H and O–H groups in total. The van der Waals surface area contributed by atoms with Gasteiger partial charge in [-0.1, -0.05) is 19.3 Å². The Labute approximate surface area is 108 Å². The molecule has 2 atom stereocenters. The van der Waals surface area contributed by atoms with E-state index in [1.54, 1.807) is 7.05 Å². The van der Waals surface area contributed by atoms with Gasteiger partial charge in [-0.15, -0.1) is 0 Å². The lowest BCUT2D eigenvalue weighted by Gasteiger charge is -2.33. The van der Waals surface area contributed by atoms with Gasteiger partial charge < -0.3 is 10.2 Å². The van der Waals surface area contributed by atoms with E-state index in [0.717, 1.165) is 25.7 Å². The number of hydrogen-bond donors (Lipinski definition) is 2. The van der Waals surface area contributed by atoms with Gasteiger partial charge in [-0.2, -0.15) is 17.0 Å². The third-order valence-corrected chi connectivity index (χ3v) is 5.98. The molecule has 0 spiro atoms. The van der Waals surface area contributed by atoms with E-state index < -0.39 is 22.4 Å². The zero-order valence-electron chi connectivity index (χ0n) is 10.7. The van der Waals surface area contributed by atoms with Crippen molar-refractivity contribution in [2.45, 2.75) is 50.4 Å². The summed E-state index contributed by atoms with van der Waals surface area (Å²) in [5.41, 5.74) is 0. The standard InChI is InChI=1S/C11H22N2O4S/c1-12(9-5-3-2-4-6-9)18(16,17)13-7-10(14)11(15)8-13/h9-11,14-15H,2-8H2,1H3/t10-,11+. The normalized spacial score (nSPS) is 32.2. The van der Waals surface area contributed by atoms with Crippen molar-refractivity contribution in [2.24, 2.45) is 0 Å². The molecule has 2 rings (SSSR count). The number of hydrogen-bond acceptors (Lipinski definition) is 4. The van der Waals surface area contributed by atoms with Crippen LogP contribution in [0.5, 0.6) is 0 Å². The molecule has 7 heteroatoms. The molecule has 2 aliphatic rings. The van der Waals surface area contributed by atoms with Gasteiger partial charge >= 0.3 is 0 Å². The molecule has 1 aliphatic heterocycles. The summed E-state index contributed by atoms with van der Waals surface area (Å²) < 4.78 is 27.3. The van der Waals surface area contributed by atoms with Crippen LogP contribution in [0.3, 0.4) is 0 Å². The molecule has 106 valence electrons. The van der Waals surface area contributed by atoms with E-state index in [4.69, 9.17) is 0 Å². The van der Waals surface area contributed by atoms with E-state index >= 15 is 0 Å². The van der Waals surface area contributed by atoms with Crippen molar-refractivity contribution in [1.82, 2.24) is 8.61 Å². The van der Waals surface area contributed by atoms with Crippen LogP contribution in [0.4, 0.5) is 0 Å². The highest BCUT2D eigenvalue weighted by Crippen LogP contribution is 2.26. The van der Waals surface area contributed by atoms with Crippen LogP contribution in [-0.2, 0) is 10.2 Å². The molecule has 0 aromatic rings. The third-order valence-electron chi connectivity index (χ3n) is 4.00. The first-order chi connectivity index (χ1) is 8.43. The first-order valence-electron chi connectivity index (χ1n) is 6.52. The Balaban J connectivity index is 2.06. The van der Waals surface area contributed by atoms with Crippen LogP contribution in [0.15, 0.2) is 0 Å². The van der Waals surface area contributed by atoms with Crippen molar-refractivity contribution in [2.75, 3.05) is 20.1 Å². The largest absolute Gasteiger partial charge is 0.389 e. The lowest BCUT2D eigenvalue weighted by atomic mass is 9.96. The third kappa shape index (κ3) is 2.70. The Bertz CT molecular complexity index is 371. The molecule has 0 aromatic heterocycles. The van der Waals surface area contributed by atoms with Crippen LogP contribution < -0.4 is 0 Å². The summed E-state index contributed by atoms with van der Waals surface area (Å²) in [6.07, 6.45) is 3.15. The van der Waals surface area contributed by atoms with Crippen molar-refractivity contribution >= 4 is 10.2 Å². The van der Waals surface area contributed by atoms with Gasteiger partial charge in [0, 0.05) is 26.2 Å². The molecule has 2 fully saturated rings. The van der Waals surface area contributed by atoms with E-state index in [-0.39, 0.29) is 19.1 Å². The molecule has 0 bridgehead atoms. The van der Waals surface area contributed by atoms with E-state index in [1.807, 2.05) is 0 Å². The van der Waals surface area contributed by atoms with Crippen LogP contribution in [0.1, 0.15) is 32.1 Å². The van der Waals surface area contributed by atoms with Crippen molar-refractivity contribution in [3.05, 3.63) is 0 Å². The summed E-state index contributed by atoms with van der Waals surface area (Å²) in [5.74, 6) is 0. The SMILES string of the molecule is CN(C1CCCCC1)S(=O)(=O)N1C[C@@H](O)[C@@H](O)C1. The molecular formula is C11H22N2O4S. The van der Waals surface area contributed by atoms with Gasteiger partial charge in [0.05, 0.1) is 12.2 Å². The molecular weight excluding hydrogens is 256 g/mol. The Kier molecular flexibility index (Phi) is 4.28. The van der Waals surface area contributed by atoms with Gasteiger partial charge in [0.25, 0.3) is 10.2 Å². The summed E-state index contributed by atoms with van der Waals surface area (Å²) in [5, 5.41) is 18.9. The predicted molar refractivity (Wildman–Crippen MR) is 67.1 cm³/mol. The van der Waals surface area contributed by atoms with Crippen LogP contribution in [0.2, 0.25) is 0 Å². The molecule has 1 saturated carbocycles. The van der Waals surface area contributed by atoms with Crippen molar-refractivity contribution in [3.8, 4) is 0 Å². The monoisotopic (exact) mass is 278 g/mol. The maximum Gasteiger partial charge on any atom is 0.282 e. The Morgan fingerprint density at radius 2 is 1.56 bits per heavy atom. The van der Waals surface area contributed by atoms with Crippen LogP contribution >= 0.6 is 0 Å². The predicted octanol–water partition coefficient (Wildman–Crippen LogP) is -0.467. The zero-order chi connectivity index (χ0) is 13.3. The average molecular weight is 278 g/mol. The molecule has 1 aliphatic carbocycles. The van der Waals surface area contributed by atoms with Crippen LogP contribution in [-0.4, -0.2) is 65.6 Å². The van der Waals surface area contributed by atoms with Crippen molar-refractivity contribution in [1.29, 1.82) is 0 Å². The Morgan fingerprint density at radius 1 is 1.06 bits per heavy atom. The topological polar surface area (TPSA) is 81.1 Å². The van der Waals surface area contributed by atoms with Gasteiger partial charge in [0.15, 0.2) is 0 Å². The molecule has 0 aromatic carbocycles. The van der Waals surface area contributed by atoms with Gasteiger partial charge in [-0.05, 0) is 12.8 Å². The van der Waals surface area contributed by atoms with E-state index in [1.165, 1.54) is 15.0 Å². The molecule has 1 heterocycles. The fraction of sp³-hybridized carbons (Fsp3) is 1.00. The Hall–Kier alpha value is -0.210. The minimum absolute atomic E-state index is 0.0133. The summed E-state index contributed by atoms with van der Waals surface area (Å²) in [6.45, 7) is -0.0267. The number of β-amino-alcohol motifs (C(OH)–C–C–N with tert-alkyl or cyclic N) is 2. The van der Waals surface area contributed by atoms with Gasteiger partial charge in [0.1, 0.15) is 0 Å². The quantitative estimate of drug-likeness (QED) is 0.731. The van der Waals surface area contributed by atoms with Crippen LogP contribution in [0.25, 0.3) is 0 Å². The molecule has 1 saturated heterocycles. The second-order valence-corrected chi connectivity index (χ2v) is 7.26. The number of rotatable bonds is 3. The molecule has 18 heavy (non-hydrogen) atoms. The first-order valence-corrected chi connectivity index (χ1v) is 7.92. The minimum atomic E-state index is -3.56. The highest BCUT2D eigenvalue weighted by Gasteiger charge is 2.40. The number of aliphatic hydroxyl groups is 2. The van der Waals surface area contributed by atoms with Crippen LogP contribution in [0, 0.1) is 0 Å². The number of aliphatic hydroxyl groups excluding tert-OH is 2. The van der Waals surface area contributed by atoms with Gasteiger partial charge in [-0.3, -0.25) is 0 Å². The second-order valence-electron chi connectivity index (χ2n) is 5.27. The zero-order valence-corrected chi connectivity index (χ0v) is 11.5. The highest BCUT2D eigenvalue weighted by atomic mass is 32.2. The highest BCUT2D eigenvalue weighted by molar-refractivity contribution is 7.86.